The molecule has 6 rings (SSSR count). The highest BCUT2D eigenvalue weighted by Crippen LogP contribution is 2.38. The van der Waals surface area contributed by atoms with Gasteiger partial charge in [-0.1, -0.05) is 11.6 Å². The van der Waals surface area contributed by atoms with Gasteiger partial charge in [0.15, 0.2) is 5.65 Å². The van der Waals surface area contributed by atoms with Crippen LogP contribution in [0.4, 0.5) is 4.39 Å². The summed E-state index contributed by atoms with van der Waals surface area (Å²) in [4.78, 5) is 22.2. The van der Waals surface area contributed by atoms with Gasteiger partial charge in [-0.15, -0.1) is 0 Å². The first-order valence-corrected chi connectivity index (χ1v) is 12.9. The number of benzene rings is 1. The van der Waals surface area contributed by atoms with Gasteiger partial charge in [0.25, 0.3) is 5.91 Å². The lowest BCUT2D eigenvalue weighted by atomic mass is 9.99. The molecule has 2 saturated heterocycles. The van der Waals surface area contributed by atoms with Crippen LogP contribution < -0.4 is 4.74 Å². The zero-order chi connectivity index (χ0) is 25.0. The largest absolute Gasteiger partial charge is 0.489 e. The average molecular weight is 514 g/mol. The number of halogens is 2. The van der Waals surface area contributed by atoms with E-state index in [0.29, 0.717) is 47.2 Å². The van der Waals surface area contributed by atoms with Gasteiger partial charge in [0.05, 0.1) is 35.1 Å². The van der Waals surface area contributed by atoms with E-state index in [4.69, 9.17) is 16.3 Å². The zero-order valence-electron chi connectivity index (χ0n) is 20.2. The van der Waals surface area contributed by atoms with Crippen LogP contribution in [-0.2, 0) is 13.1 Å². The number of hydrogen-bond donors (Lipinski definition) is 1. The number of amides is 1. The third-order valence-electron chi connectivity index (χ3n) is 7.86. The van der Waals surface area contributed by atoms with E-state index in [1.165, 1.54) is 18.2 Å². The Morgan fingerprint density at radius 1 is 1.25 bits per heavy atom. The molecule has 0 saturated carbocycles. The van der Waals surface area contributed by atoms with Crippen molar-refractivity contribution in [1.29, 1.82) is 0 Å². The molecule has 0 spiro atoms. The standard InChI is InChI=1S/C26H29ClFN5O3/c1-15-22(27)12-29-25-21-13-31(14-23(21)30-33(15)25)26(35)20-6-3-16(28)9-24(20)36-19-10-17-4-5-18(11-19)32(17)7-2-8-34/h3,6,9,12,17-19,34H,2,4-5,7-8,10-11,13-14H2,1H3/t17-,18+,19+. The topological polar surface area (TPSA) is 83.2 Å². The normalized spacial score (nSPS) is 23.4. The molecule has 2 bridgehead atoms. The van der Waals surface area contributed by atoms with Crippen molar-refractivity contribution >= 4 is 23.2 Å². The molecule has 10 heteroatoms. The van der Waals surface area contributed by atoms with Crippen LogP contribution >= 0.6 is 11.6 Å². The highest BCUT2D eigenvalue weighted by Gasteiger charge is 2.41. The van der Waals surface area contributed by atoms with Crippen LogP contribution in [0.15, 0.2) is 24.4 Å². The molecule has 1 amide bonds. The quantitative estimate of drug-likeness (QED) is 0.540. The van der Waals surface area contributed by atoms with E-state index in [1.54, 1.807) is 15.6 Å². The maximum atomic E-state index is 14.3. The summed E-state index contributed by atoms with van der Waals surface area (Å²) >= 11 is 6.19. The molecule has 1 aromatic carbocycles. The van der Waals surface area contributed by atoms with E-state index >= 15 is 0 Å². The first kappa shape index (κ1) is 23.6. The van der Waals surface area contributed by atoms with E-state index in [1.807, 2.05) is 6.92 Å². The highest BCUT2D eigenvalue weighted by molar-refractivity contribution is 6.31. The van der Waals surface area contributed by atoms with Crippen molar-refractivity contribution in [3.8, 4) is 5.75 Å². The number of aliphatic hydroxyl groups excluding tert-OH is 1. The fourth-order valence-electron chi connectivity index (χ4n) is 6.08. The second kappa shape index (κ2) is 9.28. The van der Waals surface area contributed by atoms with E-state index < -0.39 is 5.82 Å². The van der Waals surface area contributed by atoms with E-state index in [2.05, 4.69) is 15.0 Å². The molecule has 36 heavy (non-hydrogen) atoms. The smallest absolute Gasteiger partial charge is 0.258 e. The number of carbonyl (C=O) groups excluding carboxylic acids is 1. The van der Waals surface area contributed by atoms with Crippen molar-refractivity contribution in [1.82, 2.24) is 24.4 Å². The van der Waals surface area contributed by atoms with Crippen LogP contribution in [0.2, 0.25) is 5.02 Å². The van der Waals surface area contributed by atoms with Crippen molar-refractivity contribution in [2.75, 3.05) is 13.2 Å². The van der Waals surface area contributed by atoms with E-state index in [9.17, 15) is 14.3 Å². The molecule has 3 aliphatic heterocycles. The predicted molar refractivity (Wildman–Crippen MR) is 132 cm³/mol. The summed E-state index contributed by atoms with van der Waals surface area (Å²) in [6.45, 7) is 3.69. The number of ether oxygens (including phenoxy) is 1. The van der Waals surface area contributed by atoms with Gasteiger partial charge in [-0.05, 0) is 51.2 Å². The Balaban J connectivity index is 1.20. The van der Waals surface area contributed by atoms with Crippen LogP contribution in [0.25, 0.3) is 5.65 Å². The van der Waals surface area contributed by atoms with Gasteiger partial charge in [0.1, 0.15) is 17.7 Å². The molecule has 2 aromatic heterocycles. The number of aliphatic hydroxyl groups is 1. The van der Waals surface area contributed by atoms with Crippen LogP contribution in [0.3, 0.4) is 0 Å². The molecule has 1 N–H and O–H groups in total. The van der Waals surface area contributed by atoms with Crippen LogP contribution in [0, 0.1) is 12.7 Å². The van der Waals surface area contributed by atoms with Gasteiger partial charge >= 0.3 is 0 Å². The van der Waals surface area contributed by atoms with Gasteiger partial charge in [-0.2, -0.15) is 5.10 Å². The molecule has 3 aliphatic rings. The van der Waals surface area contributed by atoms with Gasteiger partial charge in [-0.25, -0.2) is 13.9 Å². The van der Waals surface area contributed by atoms with Crippen molar-refractivity contribution in [2.45, 2.75) is 70.3 Å². The Hall–Kier alpha value is -2.75. The third-order valence-corrected chi connectivity index (χ3v) is 8.23. The van der Waals surface area contributed by atoms with Gasteiger partial charge in [0.2, 0.25) is 0 Å². The lowest BCUT2D eigenvalue weighted by Crippen LogP contribution is -2.46. The SMILES string of the molecule is Cc1c(Cl)cnc2c3c(nn12)CN(C(=O)c1ccc(F)cc1O[C@H]1C[C@H]2CC[C@@H](C1)N2CCCO)C3. The second-order valence-corrected chi connectivity index (χ2v) is 10.5. The summed E-state index contributed by atoms with van der Waals surface area (Å²) in [7, 11) is 0. The maximum Gasteiger partial charge on any atom is 0.258 e. The third kappa shape index (κ3) is 4.03. The Labute approximate surface area is 213 Å². The lowest BCUT2D eigenvalue weighted by Gasteiger charge is -2.39. The van der Waals surface area contributed by atoms with E-state index in [0.717, 1.165) is 55.6 Å². The van der Waals surface area contributed by atoms with Gasteiger partial charge in [0, 0.05) is 43.1 Å². The highest BCUT2D eigenvalue weighted by atomic mass is 35.5. The number of fused-ring (bicyclic) bond motifs is 5. The fraction of sp³-hybridized carbons (Fsp3) is 0.500. The summed E-state index contributed by atoms with van der Waals surface area (Å²) in [6, 6.07) is 4.96. The Kier molecular flexibility index (Phi) is 6.09. The Morgan fingerprint density at radius 3 is 2.78 bits per heavy atom. The summed E-state index contributed by atoms with van der Waals surface area (Å²) < 4.78 is 22.3. The predicted octanol–water partition coefficient (Wildman–Crippen LogP) is 3.74. The summed E-state index contributed by atoms with van der Waals surface area (Å²) in [5, 5.41) is 14.4. The number of nitrogens with zero attached hydrogens (tertiary/aromatic N) is 5. The van der Waals surface area contributed by atoms with Gasteiger partial charge < -0.3 is 14.7 Å². The number of hydrogen-bond acceptors (Lipinski definition) is 6. The molecule has 8 nitrogen and oxygen atoms in total. The maximum absolute atomic E-state index is 14.3. The summed E-state index contributed by atoms with van der Waals surface area (Å²) in [5.74, 6) is -0.341. The van der Waals surface area contributed by atoms with Crippen LogP contribution in [0.1, 0.15) is 59.4 Å². The molecule has 3 aromatic rings. The van der Waals surface area contributed by atoms with Gasteiger partial charge in [-0.3, -0.25) is 9.69 Å². The minimum Gasteiger partial charge on any atom is -0.489 e. The van der Waals surface area contributed by atoms with Crippen LogP contribution in [0.5, 0.6) is 5.75 Å². The summed E-state index contributed by atoms with van der Waals surface area (Å²) in [5.41, 5.74) is 3.55. The average Bonchev–Trinajstić information content (AvgIpc) is 3.49. The number of carbonyl (C=O) groups is 1. The second-order valence-electron chi connectivity index (χ2n) is 10.1. The molecule has 5 heterocycles. The minimum atomic E-state index is -0.427. The van der Waals surface area contributed by atoms with Crippen molar-refractivity contribution < 1.29 is 19.0 Å². The lowest BCUT2D eigenvalue weighted by molar-refractivity contribution is 0.0445. The van der Waals surface area contributed by atoms with Crippen molar-refractivity contribution in [3.63, 3.8) is 0 Å². The number of aromatic nitrogens is 3. The Bertz CT molecular complexity index is 1320. The number of aryl methyl sites for hydroxylation is 1. The molecular weight excluding hydrogens is 485 g/mol. The van der Waals surface area contributed by atoms with Crippen LogP contribution in [-0.4, -0.2) is 66.8 Å². The van der Waals surface area contributed by atoms with Crippen molar-refractivity contribution in [2.24, 2.45) is 0 Å². The molecule has 2 fully saturated rings. The molecule has 0 radical (unpaired) electrons. The number of rotatable bonds is 6. The first-order chi connectivity index (χ1) is 17.4. The first-order valence-electron chi connectivity index (χ1n) is 12.6. The summed E-state index contributed by atoms with van der Waals surface area (Å²) in [6.07, 6.45) is 6.20. The van der Waals surface area contributed by atoms with Crippen molar-refractivity contribution in [3.05, 3.63) is 57.8 Å². The molecule has 0 unspecified atom stereocenters. The number of piperidine rings is 1. The Morgan fingerprint density at radius 2 is 2.03 bits per heavy atom. The molecule has 190 valence electrons. The zero-order valence-corrected chi connectivity index (χ0v) is 20.9. The molecular formula is C26H29ClFN5O3. The molecule has 3 atom stereocenters. The minimum absolute atomic E-state index is 0.0712. The van der Waals surface area contributed by atoms with E-state index in [-0.39, 0.29) is 18.6 Å². The fourth-order valence-corrected chi connectivity index (χ4v) is 6.21. The monoisotopic (exact) mass is 513 g/mol. The molecule has 0 aliphatic carbocycles.